The number of rotatable bonds is 17. The zero-order valence-electron chi connectivity index (χ0n) is 16.9. The van der Waals surface area contributed by atoms with E-state index in [4.69, 9.17) is 0 Å². The molecule has 24 heavy (non-hydrogen) atoms. The molecule has 0 bridgehead atoms. The number of hydrogen-bond acceptors (Lipinski definition) is 2. The zero-order valence-corrected chi connectivity index (χ0v) is 16.9. The Balaban J connectivity index is 4.62. The van der Waals surface area contributed by atoms with Crippen LogP contribution in [-0.4, -0.2) is 35.1 Å². The van der Waals surface area contributed by atoms with Gasteiger partial charge in [0.05, 0.1) is 5.92 Å². The second-order valence-corrected chi connectivity index (χ2v) is 7.22. The molecule has 1 N–H and O–H groups in total. The lowest BCUT2D eigenvalue weighted by atomic mass is 9.89. The van der Waals surface area contributed by atoms with Crippen LogP contribution in [0.5, 0.6) is 0 Å². The molecule has 0 spiro atoms. The highest BCUT2D eigenvalue weighted by Gasteiger charge is 2.30. The van der Waals surface area contributed by atoms with E-state index in [0.29, 0.717) is 0 Å². The molecule has 0 aliphatic carbocycles. The van der Waals surface area contributed by atoms with Crippen LogP contribution in [0.2, 0.25) is 0 Å². The molecule has 0 saturated heterocycles. The molecule has 2 unspecified atom stereocenters. The van der Waals surface area contributed by atoms with Crippen molar-refractivity contribution in [3.63, 3.8) is 0 Å². The minimum Gasteiger partial charge on any atom is -0.481 e. The van der Waals surface area contributed by atoms with Gasteiger partial charge in [-0.1, -0.05) is 79.1 Å². The second-order valence-electron chi connectivity index (χ2n) is 7.22. The van der Waals surface area contributed by atoms with E-state index in [1.165, 1.54) is 57.8 Å². The van der Waals surface area contributed by atoms with Crippen LogP contribution in [0.4, 0.5) is 0 Å². The first kappa shape index (κ1) is 23.4. The maximum Gasteiger partial charge on any atom is 0.308 e. The van der Waals surface area contributed by atoms with Crippen LogP contribution in [0.15, 0.2) is 0 Å². The third kappa shape index (κ3) is 10.3. The molecule has 0 aliphatic heterocycles. The monoisotopic (exact) mass is 341 g/mol. The number of nitrogens with zero attached hydrogens (tertiary/aromatic N) is 1. The summed E-state index contributed by atoms with van der Waals surface area (Å²) in [5.41, 5.74) is 0. The summed E-state index contributed by atoms with van der Waals surface area (Å²) < 4.78 is 0. The molecular formula is C21H43NO2. The first-order valence-electron chi connectivity index (χ1n) is 10.6. The summed E-state index contributed by atoms with van der Waals surface area (Å²) in [6, 6.07) is 0.205. The van der Waals surface area contributed by atoms with Crippen molar-refractivity contribution in [1.82, 2.24) is 4.90 Å². The molecule has 0 saturated carbocycles. The lowest BCUT2D eigenvalue weighted by Crippen LogP contribution is -2.44. The Hall–Kier alpha value is -0.570. The molecule has 0 aromatic heterocycles. The van der Waals surface area contributed by atoms with Gasteiger partial charge in [-0.05, 0) is 38.8 Å². The summed E-state index contributed by atoms with van der Waals surface area (Å²) in [5.74, 6) is -0.789. The van der Waals surface area contributed by atoms with Crippen LogP contribution in [-0.2, 0) is 4.79 Å². The Morgan fingerprint density at radius 3 is 1.75 bits per heavy atom. The average Bonchev–Trinajstić information content (AvgIpc) is 2.57. The molecule has 0 fully saturated rings. The third-order valence-electron chi connectivity index (χ3n) is 5.14. The Morgan fingerprint density at radius 2 is 1.29 bits per heavy atom. The molecule has 0 aromatic rings. The van der Waals surface area contributed by atoms with Gasteiger partial charge < -0.3 is 5.11 Å². The van der Waals surface area contributed by atoms with E-state index >= 15 is 0 Å². The Kier molecular flexibility index (Phi) is 15.6. The fourth-order valence-electron chi connectivity index (χ4n) is 3.59. The van der Waals surface area contributed by atoms with Gasteiger partial charge in [-0.15, -0.1) is 0 Å². The summed E-state index contributed by atoms with van der Waals surface area (Å²) in [7, 11) is 0. The van der Waals surface area contributed by atoms with Crippen LogP contribution in [0.1, 0.15) is 105 Å². The number of hydrogen-bond donors (Lipinski definition) is 1. The molecule has 0 rings (SSSR count). The van der Waals surface area contributed by atoms with E-state index in [1.807, 2.05) is 0 Å². The molecule has 0 aromatic carbocycles. The SMILES string of the molecule is CCCCCCCCC(C(=O)O)C(CC)N(CCCC)CCCC. The van der Waals surface area contributed by atoms with Gasteiger partial charge in [-0.2, -0.15) is 0 Å². The summed E-state index contributed by atoms with van der Waals surface area (Å²) in [4.78, 5) is 14.4. The Bertz CT molecular complexity index is 286. The van der Waals surface area contributed by atoms with Gasteiger partial charge >= 0.3 is 5.97 Å². The van der Waals surface area contributed by atoms with Crippen molar-refractivity contribution in [2.45, 2.75) is 111 Å². The zero-order chi connectivity index (χ0) is 18.2. The highest BCUT2D eigenvalue weighted by molar-refractivity contribution is 5.70. The van der Waals surface area contributed by atoms with Crippen molar-refractivity contribution < 1.29 is 9.90 Å². The van der Waals surface area contributed by atoms with Crippen molar-refractivity contribution in [1.29, 1.82) is 0 Å². The third-order valence-corrected chi connectivity index (χ3v) is 5.14. The maximum atomic E-state index is 11.9. The van der Waals surface area contributed by atoms with E-state index in [9.17, 15) is 9.90 Å². The minimum absolute atomic E-state index is 0.199. The summed E-state index contributed by atoms with van der Waals surface area (Å²) in [6.45, 7) is 10.9. The summed E-state index contributed by atoms with van der Waals surface area (Å²) in [5, 5.41) is 9.79. The molecule has 0 aliphatic rings. The largest absolute Gasteiger partial charge is 0.481 e. The topological polar surface area (TPSA) is 40.5 Å². The molecular weight excluding hydrogens is 298 g/mol. The highest BCUT2D eigenvalue weighted by atomic mass is 16.4. The molecule has 3 heteroatoms. The number of carboxylic acid groups (broad SMARTS) is 1. The molecule has 2 atom stereocenters. The van der Waals surface area contributed by atoms with E-state index in [0.717, 1.165) is 32.4 Å². The Labute approximate surface area is 151 Å². The minimum atomic E-state index is -0.589. The predicted octanol–water partition coefficient (Wildman–Crippen LogP) is 6.12. The van der Waals surface area contributed by atoms with Crippen molar-refractivity contribution in [3.8, 4) is 0 Å². The van der Waals surface area contributed by atoms with Crippen LogP contribution in [0.25, 0.3) is 0 Å². The van der Waals surface area contributed by atoms with Gasteiger partial charge in [0.1, 0.15) is 0 Å². The van der Waals surface area contributed by atoms with E-state index in [2.05, 4.69) is 32.6 Å². The quantitative estimate of drug-likeness (QED) is 0.324. The lowest BCUT2D eigenvalue weighted by Gasteiger charge is -2.35. The van der Waals surface area contributed by atoms with E-state index in [1.54, 1.807) is 0 Å². The molecule has 3 nitrogen and oxygen atoms in total. The fraction of sp³-hybridized carbons (Fsp3) is 0.952. The van der Waals surface area contributed by atoms with Gasteiger partial charge in [0.2, 0.25) is 0 Å². The first-order chi connectivity index (χ1) is 11.6. The normalized spacial score (nSPS) is 14.0. The predicted molar refractivity (Wildman–Crippen MR) is 105 cm³/mol. The van der Waals surface area contributed by atoms with Gasteiger partial charge in [-0.3, -0.25) is 9.69 Å². The standard InChI is InChI=1S/C21H43NO2/c1-5-9-12-13-14-15-16-19(21(23)24)20(8-4)22(17-10-6-2)18-11-7-3/h19-20H,5-18H2,1-4H3,(H,23,24). The summed E-state index contributed by atoms with van der Waals surface area (Å²) in [6.07, 6.45) is 13.8. The van der Waals surface area contributed by atoms with Crippen LogP contribution in [0, 0.1) is 5.92 Å². The maximum absolute atomic E-state index is 11.9. The van der Waals surface area contributed by atoms with Gasteiger partial charge in [-0.25, -0.2) is 0 Å². The summed E-state index contributed by atoms with van der Waals surface area (Å²) >= 11 is 0. The molecule has 0 radical (unpaired) electrons. The van der Waals surface area contributed by atoms with Gasteiger partial charge in [0, 0.05) is 6.04 Å². The average molecular weight is 342 g/mol. The van der Waals surface area contributed by atoms with Crippen molar-refractivity contribution >= 4 is 5.97 Å². The smallest absolute Gasteiger partial charge is 0.308 e. The van der Waals surface area contributed by atoms with Crippen LogP contribution >= 0.6 is 0 Å². The molecule has 144 valence electrons. The number of carboxylic acids is 1. The number of aliphatic carboxylic acids is 1. The second kappa shape index (κ2) is 15.9. The van der Waals surface area contributed by atoms with Crippen molar-refractivity contribution in [3.05, 3.63) is 0 Å². The van der Waals surface area contributed by atoms with Crippen LogP contribution < -0.4 is 0 Å². The van der Waals surface area contributed by atoms with Crippen molar-refractivity contribution in [2.75, 3.05) is 13.1 Å². The number of carbonyl (C=O) groups is 1. The first-order valence-corrected chi connectivity index (χ1v) is 10.6. The Morgan fingerprint density at radius 1 is 0.792 bits per heavy atom. The lowest BCUT2D eigenvalue weighted by molar-refractivity contribution is -0.144. The highest BCUT2D eigenvalue weighted by Crippen LogP contribution is 2.23. The van der Waals surface area contributed by atoms with Gasteiger partial charge in [0.25, 0.3) is 0 Å². The van der Waals surface area contributed by atoms with E-state index < -0.39 is 5.97 Å². The van der Waals surface area contributed by atoms with Gasteiger partial charge in [0.15, 0.2) is 0 Å². The van der Waals surface area contributed by atoms with E-state index in [-0.39, 0.29) is 12.0 Å². The van der Waals surface area contributed by atoms with Crippen molar-refractivity contribution in [2.24, 2.45) is 5.92 Å². The fourth-order valence-corrected chi connectivity index (χ4v) is 3.59. The molecule has 0 amide bonds. The number of unbranched alkanes of at least 4 members (excludes halogenated alkanes) is 7. The van der Waals surface area contributed by atoms with Crippen LogP contribution in [0.3, 0.4) is 0 Å². The molecule has 0 heterocycles.